The Bertz CT molecular complexity index is 424. The highest BCUT2D eigenvalue weighted by atomic mass is 35.5. The second-order valence-electron chi connectivity index (χ2n) is 2.86. The van der Waals surface area contributed by atoms with Gasteiger partial charge in [-0.1, -0.05) is 11.6 Å². The molecule has 0 saturated carbocycles. The van der Waals surface area contributed by atoms with Gasteiger partial charge in [-0.2, -0.15) is 8.78 Å². The van der Waals surface area contributed by atoms with Crippen molar-refractivity contribution in [3.63, 3.8) is 0 Å². The van der Waals surface area contributed by atoms with Gasteiger partial charge in [0.2, 0.25) is 0 Å². The number of esters is 1. The predicted octanol–water partition coefficient (Wildman–Crippen LogP) is 3.26. The fraction of sp³-hybridized carbons (Fsp3) is 0.300. The Kier molecular flexibility index (Phi) is 4.62. The van der Waals surface area contributed by atoms with Crippen molar-refractivity contribution >= 4 is 17.6 Å². The fourth-order valence-electron chi connectivity index (χ4n) is 1.10. The minimum absolute atomic E-state index is 0.0523. The molecular formula is C10H8ClF3O3. The molecular weight excluding hydrogens is 261 g/mol. The van der Waals surface area contributed by atoms with E-state index in [2.05, 4.69) is 9.47 Å². The minimum Gasteiger partial charge on any atom is -0.462 e. The summed E-state index contributed by atoms with van der Waals surface area (Å²) in [6, 6.07) is 1.45. The molecule has 1 aromatic carbocycles. The van der Waals surface area contributed by atoms with Crippen LogP contribution in [0, 0.1) is 5.82 Å². The van der Waals surface area contributed by atoms with Crippen LogP contribution in [0.5, 0.6) is 5.75 Å². The summed E-state index contributed by atoms with van der Waals surface area (Å²) in [4.78, 5) is 11.3. The lowest BCUT2D eigenvalue weighted by Crippen LogP contribution is -2.09. The Hall–Kier alpha value is -1.43. The summed E-state index contributed by atoms with van der Waals surface area (Å²) in [5.41, 5.74) is -0.357. The third-order valence-corrected chi connectivity index (χ3v) is 2.11. The van der Waals surface area contributed by atoms with Gasteiger partial charge in [0.15, 0.2) is 0 Å². The molecule has 0 saturated heterocycles. The van der Waals surface area contributed by atoms with Crippen LogP contribution in [0.25, 0.3) is 0 Å². The molecule has 17 heavy (non-hydrogen) atoms. The summed E-state index contributed by atoms with van der Waals surface area (Å²) in [5, 5.41) is -0.412. The summed E-state index contributed by atoms with van der Waals surface area (Å²) < 4.78 is 45.6. The lowest BCUT2D eigenvalue weighted by molar-refractivity contribution is -0.0500. The van der Waals surface area contributed by atoms with E-state index in [1.54, 1.807) is 6.92 Å². The van der Waals surface area contributed by atoms with Gasteiger partial charge in [-0.05, 0) is 13.0 Å². The van der Waals surface area contributed by atoms with Gasteiger partial charge in [0, 0.05) is 6.07 Å². The molecule has 0 radical (unpaired) electrons. The number of carbonyl (C=O) groups is 1. The van der Waals surface area contributed by atoms with E-state index in [1.807, 2.05) is 0 Å². The first-order valence-electron chi connectivity index (χ1n) is 4.56. The maximum absolute atomic E-state index is 13.1. The van der Waals surface area contributed by atoms with Gasteiger partial charge in [-0.3, -0.25) is 0 Å². The van der Waals surface area contributed by atoms with Crippen molar-refractivity contribution in [2.45, 2.75) is 13.5 Å². The Morgan fingerprint density at radius 3 is 2.65 bits per heavy atom. The SMILES string of the molecule is CCOC(=O)c1cc(F)cc(OC(F)F)c1Cl. The summed E-state index contributed by atoms with van der Waals surface area (Å²) >= 11 is 5.63. The molecule has 0 aromatic heterocycles. The molecule has 1 rings (SSSR count). The van der Waals surface area contributed by atoms with Crippen molar-refractivity contribution in [2.24, 2.45) is 0 Å². The van der Waals surface area contributed by atoms with E-state index in [0.29, 0.717) is 6.07 Å². The number of alkyl halides is 2. The van der Waals surface area contributed by atoms with Crippen LogP contribution in [-0.4, -0.2) is 19.2 Å². The molecule has 3 nitrogen and oxygen atoms in total. The Morgan fingerprint density at radius 2 is 2.12 bits per heavy atom. The number of halogens is 4. The first kappa shape index (κ1) is 13.6. The molecule has 0 unspecified atom stereocenters. The van der Waals surface area contributed by atoms with Crippen molar-refractivity contribution in [3.8, 4) is 5.75 Å². The normalized spacial score (nSPS) is 10.5. The number of hydrogen-bond acceptors (Lipinski definition) is 3. The van der Waals surface area contributed by atoms with Crippen molar-refractivity contribution in [1.29, 1.82) is 0 Å². The molecule has 7 heteroatoms. The Morgan fingerprint density at radius 1 is 1.47 bits per heavy atom. The van der Waals surface area contributed by atoms with Gasteiger partial charge in [0.25, 0.3) is 0 Å². The van der Waals surface area contributed by atoms with Gasteiger partial charge < -0.3 is 9.47 Å². The highest BCUT2D eigenvalue weighted by molar-refractivity contribution is 6.35. The van der Waals surface area contributed by atoms with E-state index in [-0.39, 0.29) is 12.2 Å². The van der Waals surface area contributed by atoms with E-state index < -0.39 is 29.2 Å². The van der Waals surface area contributed by atoms with Crippen LogP contribution in [0.15, 0.2) is 12.1 Å². The minimum atomic E-state index is -3.16. The molecule has 0 aliphatic heterocycles. The third-order valence-electron chi connectivity index (χ3n) is 1.72. The average Bonchev–Trinajstić information content (AvgIpc) is 2.22. The Labute approximate surface area is 100 Å². The standard InChI is InChI=1S/C10H8ClF3O3/c1-2-16-9(15)6-3-5(12)4-7(8(6)11)17-10(13)14/h3-4,10H,2H2,1H3. The van der Waals surface area contributed by atoms with E-state index in [4.69, 9.17) is 11.6 Å². The smallest absolute Gasteiger partial charge is 0.387 e. The fourth-order valence-corrected chi connectivity index (χ4v) is 1.33. The maximum Gasteiger partial charge on any atom is 0.387 e. The van der Waals surface area contributed by atoms with Gasteiger partial charge >= 0.3 is 12.6 Å². The van der Waals surface area contributed by atoms with E-state index >= 15 is 0 Å². The maximum atomic E-state index is 13.1. The van der Waals surface area contributed by atoms with Gasteiger partial charge in [0.1, 0.15) is 11.6 Å². The van der Waals surface area contributed by atoms with Crippen LogP contribution in [0.3, 0.4) is 0 Å². The monoisotopic (exact) mass is 268 g/mol. The number of ether oxygens (including phenoxy) is 2. The molecule has 1 aromatic rings. The second kappa shape index (κ2) is 5.77. The molecule has 0 heterocycles. The molecule has 0 atom stereocenters. The van der Waals surface area contributed by atoms with Crippen LogP contribution < -0.4 is 4.74 Å². The molecule has 0 amide bonds. The lowest BCUT2D eigenvalue weighted by Gasteiger charge is -2.10. The summed E-state index contributed by atoms with van der Waals surface area (Å²) in [7, 11) is 0. The third kappa shape index (κ3) is 3.52. The van der Waals surface area contributed by atoms with Gasteiger partial charge in [-0.15, -0.1) is 0 Å². The lowest BCUT2D eigenvalue weighted by atomic mass is 10.2. The van der Waals surface area contributed by atoms with Crippen LogP contribution >= 0.6 is 11.6 Å². The molecule has 0 spiro atoms. The van der Waals surface area contributed by atoms with Gasteiger partial charge in [-0.25, -0.2) is 9.18 Å². The molecule has 0 bridgehead atoms. The number of carbonyl (C=O) groups excluding carboxylic acids is 1. The zero-order valence-electron chi connectivity index (χ0n) is 8.68. The summed E-state index contributed by atoms with van der Waals surface area (Å²) in [5.74, 6) is -2.44. The van der Waals surface area contributed by atoms with Crippen LogP contribution in [0.2, 0.25) is 5.02 Å². The predicted molar refractivity (Wildman–Crippen MR) is 54.0 cm³/mol. The second-order valence-corrected chi connectivity index (χ2v) is 3.24. The molecule has 0 fully saturated rings. The first-order valence-corrected chi connectivity index (χ1v) is 4.94. The quantitative estimate of drug-likeness (QED) is 0.786. The van der Waals surface area contributed by atoms with Crippen molar-refractivity contribution in [3.05, 3.63) is 28.5 Å². The van der Waals surface area contributed by atoms with Crippen molar-refractivity contribution < 1.29 is 27.4 Å². The van der Waals surface area contributed by atoms with Crippen molar-refractivity contribution in [1.82, 2.24) is 0 Å². The number of hydrogen-bond donors (Lipinski definition) is 0. The average molecular weight is 269 g/mol. The highest BCUT2D eigenvalue weighted by Gasteiger charge is 2.19. The van der Waals surface area contributed by atoms with Gasteiger partial charge in [0.05, 0.1) is 17.2 Å². The van der Waals surface area contributed by atoms with Crippen LogP contribution in [-0.2, 0) is 4.74 Å². The van der Waals surface area contributed by atoms with E-state index in [1.165, 1.54) is 0 Å². The van der Waals surface area contributed by atoms with E-state index in [0.717, 1.165) is 6.07 Å². The molecule has 0 aliphatic rings. The largest absolute Gasteiger partial charge is 0.462 e. The van der Waals surface area contributed by atoms with Crippen LogP contribution in [0.1, 0.15) is 17.3 Å². The zero-order valence-corrected chi connectivity index (χ0v) is 9.43. The molecule has 0 aliphatic carbocycles. The number of rotatable bonds is 4. The van der Waals surface area contributed by atoms with Crippen LogP contribution in [0.4, 0.5) is 13.2 Å². The first-order chi connectivity index (χ1) is 7.95. The highest BCUT2D eigenvalue weighted by Crippen LogP contribution is 2.31. The van der Waals surface area contributed by atoms with Crippen molar-refractivity contribution in [2.75, 3.05) is 6.61 Å². The van der Waals surface area contributed by atoms with E-state index in [9.17, 15) is 18.0 Å². The molecule has 0 N–H and O–H groups in total. The molecule has 94 valence electrons. The topological polar surface area (TPSA) is 35.5 Å². The zero-order chi connectivity index (χ0) is 13.0. The number of benzene rings is 1. The Balaban J connectivity index is 3.13. The summed E-state index contributed by atoms with van der Waals surface area (Å²) in [6.45, 7) is -1.57. The summed E-state index contributed by atoms with van der Waals surface area (Å²) in [6.07, 6.45) is 0.